The van der Waals surface area contributed by atoms with Gasteiger partial charge in [0, 0.05) is 13.2 Å². The molecule has 0 spiro atoms. The molecule has 19 heavy (non-hydrogen) atoms. The first-order valence-electron chi connectivity index (χ1n) is 5.85. The predicted molar refractivity (Wildman–Crippen MR) is 82.5 cm³/mol. The summed E-state index contributed by atoms with van der Waals surface area (Å²) in [6.07, 6.45) is 0.972. The van der Waals surface area contributed by atoms with E-state index >= 15 is 0 Å². The topological polar surface area (TPSA) is 55.4 Å². The summed E-state index contributed by atoms with van der Waals surface area (Å²) in [5.41, 5.74) is 0. The molecule has 0 bridgehead atoms. The van der Waals surface area contributed by atoms with Crippen LogP contribution in [0.15, 0.2) is 14.1 Å². The summed E-state index contributed by atoms with van der Waals surface area (Å²) >= 11 is 10.1. The average Bonchev–Trinajstić information content (AvgIpc) is 2.64. The van der Waals surface area contributed by atoms with Crippen molar-refractivity contribution < 1.29 is 13.2 Å². The van der Waals surface area contributed by atoms with Crippen molar-refractivity contribution in [1.82, 2.24) is 4.72 Å². The fourth-order valence-corrected chi connectivity index (χ4v) is 4.66. The second-order valence-corrected chi connectivity index (χ2v) is 9.15. The molecule has 1 rings (SSSR count). The minimum absolute atomic E-state index is 0.201. The number of hydrogen-bond donors (Lipinski definition) is 1. The van der Waals surface area contributed by atoms with Gasteiger partial charge in [0.05, 0.1) is 15.4 Å². The van der Waals surface area contributed by atoms with Crippen molar-refractivity contribution in [3.63, 3.8) is 0 Å². The molecule has 0 aliphatic heterocycles. The molecular weight excluding hydrogens is 374 g/mol. The molecule has 0 radical (unpaired) electrons. The number of ether oxygens (including phenoxy) is 1. The second kappa shape index (κ2) is 7.95. The molecule has 0 aliphatic rings. The lowest BCUT2D eigenvalue weighted by molar-refractivity contribution is 0.128. The Balaban J connectivity index is 2.36. The quantitative estimate of drug-likeness (QED) is 0.691. The van der Waals surface area contributed by atoms with Crippen molar-refractivity contribution in [2.45, 2.75) is 24.5 Å². The van der Waals surface area contributed by atoms with E-state index in [0.29, 0.717) is 27.9 Å². The fourth-order valence-electron chi connectivity index (χ4n) is 1.20. The zero-order chi connectivity index (χ0) is 14.5. The number of thiophene rings is 1. The van der Waals surface area contributed by atoms with E-state index in [-0.39, 0.29) is 10.8 Å². The van der Waals surface area contributed by atoms with Gasteiger partial charge < -0.3 is 4.74 Å². The molecule has 1 aromatic rings. The zero-order valence-electron chi connectivity index (χ0n) is 10.8. The van der Waals surface area contributed by atoms with Gasteiger partial charge in [-0.3, -0.25) is 0 Å². The summed E-state index contributed by atoms with van der Waals surface area (Å²) in [4.78, 5) is 0. The maximum Gasteiger partial charge on any atom is 0.250 e. The summed E-state index contributed by atoms with van der Waals surface area (Å²) < 4.78 is 32.4. The molecule has 0 amide bonds. The number of halogens is 2. The molecule has 1 N–H and O–H groups in total. The van der Waals surface area contributed by atoms with Crippen molar-refractivity contribution in [1.29, 1.82) is 0 Å². The summed E-state index contributed by atoms with van der Waals surface area (Å²) in [7, 11) is -3.49. The van der Waals surface area contributed by atoms with E-state index in [4.69, 9.17) is 16.3 Å². The first-order chi connectivity index (χ1) is 8.83. The average molecular weight is 391 g/mol. The van der Waals surface area contributed by atoms with E-state index in [2.05, 4.69) is 34.5 Å². The molecule has 0 unspecified atom stereocenters. The van der Waals surface area contributed by atoms with Crippen LogP contribution in [-0.2, 0) is 14.8 Å². The Morgan fingerprint density at radius 3 is 2.68 bits per heavy atom. The van der Waals surface area contributed by atoms with Crippen molar-refractivity contribution in [3.05, 3.63) is 14.9 Å². The lowest BCUT2D eigenvalue weighted by Gasteiger charge is -2.07. The standard InChI is InChI=1S/C11H17BrClNO3S2/c1-8(2)3-5-17-6-4-14-19(15,16)10-7-9(13)11(12)18-10/h7-8,14H,3-6H2,1-2H3. The van der Waals surface area contributed by atoms with Crippen LogP contribution in [0.25, 0.3) is 0 Å². The maximum absolute atomic E-state index is 11.9. The Kier molecular flexibility index (Phi) is 7.28. The van der Waals surface area contributed by atoms with Crippen molar-refractivity contribution in [3.8, 4) is 0 Å². The number of nitrogens with one attached hydrogen (secondary N) is 1. The molecule has 0 saturated carbocycles. The summed E-state index contributed by atoms with van der Waals surface area (Å²) in [6, 6.07) is 1.43. The molecule has 0 aliphatic carbocycles. The van der Waals surface area contributed by atoms with Crippen LogP contribution in [0, 0.1) is 5.92 Å². The number of rotatable bonds is 8. The minimum Gasteiger partial charge on any atom is -0.380 e. The molecule has 1 heterocycles. The highest BCUT2D eigenvalue weighted by Gasteiger charge is 2.18. The highest BCUT2D eigenvalue weighted by atomic mass is 79.9. The van der Waals surface area contributed by atoms with Gasteiger partial charge in [0.2, 0.25) is 10.0 Å². The molecule has 0 atom stereocenters. The normalized spacial score (nSPS) is 12.3. The van der Waals surface area contributed by atoms with Crippen molar-refractivity contribution >= 4 is 48.9 Å². The second-order valence-electron chi connectivity index (χ2n) is 4.38. The third-order valence-corrected chi connectivity index (χ3v) is 6.67. The van der Waals surface area contributed by atoms with Crippen LogP contribution in [0.1, 0.15) is 20.3 Å². The number of sulfonamides is 1. The van der Waals surface area contributed by atoms with E-state index < -0.39 is 10.0 Å². The van der Waals surface area contributed by atoms with Crippen LogP contribution in [0.4, 0.5) is 0 Å². The van der Waals surface area contributed by atoms with Gasteiger partial charge in [0.15, 0.2) is 0 Å². The monoisotopic (exact) mass is 389 g/mol. The predicted octanol–water partition coefficient (Wildman–Crippen LogP) is 3.51. The van der Waals surface area contributed by atoms with Gasteiger partial charge in [0.1, 0.15) is 4.21 Å². The SMILES string of the molecule is CC(C)CCOCCNS(=O)(=O)c1cc(Cl)c(Br)s1. The summed E-state index contributed by atoms with van der Waals surface area (Å²) in [6.45, 7) is 5.50. The van der Waals surface area contributed by atoms with E-state index in [0.717, 1.165) is 17.8 Å². The van der Waals surface area contributed by atoms with Crippen LogP contribution >= 0.6 is 38.9 Å². The lowest BCUT2D eigenvalue weighted by Crippen LogP contribution is -2.27. The minimum atomic E-state index is -3.49. The third-order valence-electron chi connectivity index (χ3n) is 2.27. The van der Waals surface area contributed by atoms with Gasteiger partial charge in [-0.1, -0.05) is 25.4 Å². The summed E-state index contributed by atoms with van der Waals surface area (Å²) in [5, 5.41) is 0.401. The van der Waals surface area contributed by atoms with E-state index in [1.807, 2.05) is 0 Å². The van der Waals surface area contributed by atoms with E-state index in [1.54, 1.807) is 0 Å². The van der Waals surface area contributed by atoms with Crippen LogP contribution in [0.2, 0.25) is 5.02 Å². The molecule has 1 aromatic heterocycles. The fraction of sp³-hybridized carbons (Fsp3) is 0.636. The Morgan fingerprint density at radius 2 is 2.16 bits per heavy atom. The van der Waals surface area contributed by atoms with Crippen LogP contribution in [-0.4, -0.2) is 28.2 Å². The van der Waals surface area contributed by atoms with Gasteiger partial charge >= 0.3 is 0 Å². The van der Waals surface area contributed by atoms with Crippen molar-refractivity contribution in [2.24, 2.45) is 5.92 Å². The van der Waals surface area contributed by atoms with E-state index in [9.17, 15) is 8.42 Å². The first kappa shape index (κ1) is 17.4. The lowest BCUT2D eigenvalue weighted by atomic mass is 10.1. The molecular formula is C11H17BrClNO3S2. The smallest absolute Gasteiger partial charge is 0.250 e. The molecule has 8 heteroatoms. The highest BCUT2D eigenvalue weighted by Crippen LogP contribution is 2.34. The summed E-state index contributed by atoms with van der Waals surface area (Å²) in [5.74, 6) is 0.585. The largest absolute Gasteiger partial charge is 0.380 e. The maximum atomic E-state index is 11.9. The Hall–Kier alpha value is 0.340. The van der Waals surface area contributed by atoms with Gasteiger partial charge in [-0.2, -0.15) is 0 Å². The molecule has 0 saturated heterocycles. The molecule has 0 fully saturated rings. The van der Waals surface area contributed by atoms with Gasteiger partial charge in [-0.05, 0) is 34.3 Å². The van der Waals surface area contributed by atoms with Gasteiger partial charge in [-0.15, -0.1) is 11.3 Å². The Bertz CT molecular complexity index is 483. The van der Waals surface area contributed by atoms with Crippen LogP contribution in [0.5, 0.6) is 0 Å². The van der Waals surface area contributed by atoms with E-state index in [1.165, 1.54) is 6.07 Å². The Labute approximate surface area is 131 Å². The highest BCUT2D eigenvalue weighted by molar-refractivity contribution is 9.11. The van der Waals surface area contributed by atoms with Crippen LogP contribution in [0.3, 0.4) is 0 Å². The first-order valence-corrected chi connectivity index (χ1v) is 9.32. The van der Waals surface area contributed by atoms with Gasteiger partial charge in [-0.25, -0.2) is 13.1 Å². The molecule has 0 aromatic carbocycles. The zero-order valence-corrected chi connectivity index (χ0v) is 14.8. The Morgan fingerprint density at radius 1 is 1.47 bits per heavy atom. The molecule has 4 nitrogen and oxygen atoms in total. The number of hydrogen-bond acceptors (Lipinski definition) is 4. The van der Waals surface area contributed by atoms with Gasteiger partial charge in [0.25, 0.3) is 0 Å². The third kappa shape index (κ3) is 6.10. The molecule has 110 valence electrons. The van der Waals surface area contributed by atoms with Crippen LogP contribution < -0.4 is 4.72 Å². The van der Waals surface area contributed by atoms with Crippen molar-refractivity contribution in [2.75, 3.05) is 19.8 Å².